The highest BCUT2D eigenvalue weighted by atomic mass is 16.4. The average Bonchev–Trinajstić information content (AvgIpc) is 2.94. The zero-order valence-electron chi connectivity index (χ0n) is 14.2. The van der Waals surface area contributed by atoms with Gasteiger partial charge in [0.15, 0.2) is 11.6 Å². The van der Waals surface area contributed by atoms with Crippen molar-refractivity contribution in [3.8, 4) is 11.1 Å². The van der Waals surface area contributed by atoms with E-state index < -0.39 is 5.97 Å². The number of fused-ring (bicyclic) bond motifs is 3. The van der Waals surface area contributed by atoms with E-state index >= 15 is 0 Å². The Labute approximate surface area is 155 Å². The maximum absolute atomic E-state index is 12.9. The molecule has 5 heteroatoms. The second-order valence-electron chi connectivity index (χ2n) is 6.47. The third-order valence-corrected chi connectivity index (χ3v) is 4.68. The van der Waals surface area contributed by atoms with Crippen molar-refractivity contribution in [3.05, 3.63) is 88.5 Å². The molecule has 5 nitrogen and oxygen atoms in total. The van der Waals surface area contributed by atoms with Gasteiger partial charge >= 0.3 is 5.97 Å². The van der Waals surface area contributed by atoms with Crippen LogP contribution in [0.3, 0.4) is 0 Å². The summed E-state index contributed by atoms with van der Waals surface area (Å²) in [4.78, 5) is 36.9. The molecule has 0 saturated carbocycles. The Bertz CT molecular complexity index is 1130. The molecule has 1 aliphatic rings. The number of carboxylic acid groups (broad SMARTS) is 1. The first-order valence-electron chi connectivity index (χ1n) is 8.39. The lowest BCUT2D eigenvalue weighted by molar-refractivity contribution is 0.0696. The van der Waals surface area contributed by atoms with Gasteiger partial charge in [0.2, 0.25) is 0 Å². The molecule has 0 heterocycles. The first kappa shape index (κ1) is 16.7. The highest BCUT2D eigenvalue weighted by Gasteiger charge is 2.30. The topological polar surface area (TPSA) is 97.5 Å². The van der Waals surface area contributed by atoms with Gasteiger partial charge in [-0.15, -0.1) is 0 Å². The van der Waals surface area contributed by atoms with E-state index in [0.29, 0.717) is 22.3 Å². The lowest BCUT2D eigenvalue weighted by Crippen LogP contribution is -2.11. The molecular formula is C22H15NO4. The molecule has 0 atom stereocenters. The molecule has 0 amide bonds. The van der Waals surface area contributed by atoms with E-state index in [0.717, 1.165) is 11.1 Å². The number of hydrogen-bond acceptors (Lipinski definition) is 4. The lowest BCUT2D eigenvalue weighted by Gasteiger charge is -2.08. The van der Waals surface area contributed by atoms with E-state index in [4.69, 9.17) is 10.8 Å². The average molecular weight is 357 g/mol. The predicted molar refractivity (Wildman–Crippen MR) is 101 cm³/mol. The number of benzene rings is 3. The van der Waals surface area contributed by atoms with Crippen molar-refractivity contribution in [2.75, 3.05) is 5.73 Å². The molecule has 0 radical (unpaired) electrons. The van der Waals surface area contributed by atoms with Gasteiger partial charge in [-0.05, 0) is 34.9 Å². The molecule has 0 spiro atoms. The molecular weight excluding hydrogens is 342 g/mol. The molecule has 27 heavy (non-hydrogen) atoms. The van der Waals surface area contributed by atoms with Crippen molar-refractivity contribution < 1.29 is 19.5 Å². The summed E-state index contributed by atoms with van der Waals surface area (Å²) < 4.78 is 0. The van der Waals surface area contributed by atoms with Gasteiger partial charge in [-0.3, -0.25) is 9.59 Å². The van der Waals surface area contributed by atoms with Crippen LogP contribution in [0.25, 0.3) is 11.1 Å². The van der Waals surface area contributed by atoms with E-state index in [-0.39, 0.29) is 29.2 Å². The van der Waals surface area contributed by atoms with Crippen molar-refractivity contribution in [1.82, 2.24) is 0 Å². The van der Waals surface area contributed by atoms with Crippen molar-refractivity contribution in [3.63, 3.8) is 0 Å². The summed E-state index contributed by atoms with van der Waals surface area (Å²) in [6.07, 6.45) is -0.0363. The van der Waals surface area contributed by atoms with E-state index in [1.807, 2.05) is 18.2 Å². The lowest BCUT2D eigenvalue weighted by atomic mass is 9.94. The normalized spacial score (nSPS) is 11.8. The number of nitrogen functional groups attached to an aromatic ring is 1. The van der Waals surface area contributed by atoms with Crippen LogP contribution >= 0.6 is 0 Å². The summed E-state index contributed by atoms with van der Waals surface area (Å²) in [6.45, 7) is 0. The van der Waals surface area contributed by atoms with Crippen molar-refractivity contribution in [1.29, 1.82) is 0 Å². The largest absolute Gasteiger partial charge is 0.478 e. The number of anilines is 1. The third-order valence-electron chi connectivity index (χ3n) is 4.68. The quantitative estimate of drug-likeness (QED) is 0.429. The molecule has 0 fully saturated rings. The number of hydrogen-bond donors (Lipinski definition) is 2. The van der Waals surface area contributed by atoms with Gasteiger partial charge in [0.25, 0.3) is 0 Å². The van der Waals surface area contributed by atoms with E-state index in [1.54, 1.807) is 30.3 Å². The van der Waals surface area contributed by atoms with Crippen LogP contribution in [0.1, 0.15) is 42.2 Å². The molecule has 3 aromatic carbocycles. The Morgan fingerprint density at radius 1 is 0.889 bits per heavy atom. The SMILES string of the molecule is Nc1cc(CC(=O)c2cccc3c2C(=O)c2ccccc2-3)cc(C(=O)O)c1. The summed E-state index contributed by atoms with van der Waals surface area (Å²) in [6, 6.07) is 16.8. The first-order valence-corrected chi connectivity index (χ1v) is 8.39. The fourth-order valence-corrected chi connectivity index (χ4v) is 3.53. The summed E-state index contributed by atoms with van der Waals surface area (Å²) in [5.41, 5.74) is 9.47. The molecule has 132 valence electrons. The summed E-state index contributed by atoms with van der Waals surface area (Å²) in [7, 11) is 0. The van der Waals surface area contributed by atoms with Crippen LogP contribution in [0.15, 0.2) is 60.7 Å². The third kappa shape index (κ3) is 2.79. The van der Waals surface area contributed by atoms with Gasteiger partial charge in [-0.25, -0.2) is 4.79 Å². The maximum atomic E-state index is 12.9. The van der Waals surface area contributed by atoms with Crippen molar-refractivity contribution in [2.24, 2.45) is 0 Å². The summed E-state index contributed by atoms with van der Waals surface area (Å²) in [5, 5.41) is 9.16. The predicted octanol–water partition coefficient (Wildman–Crippen LogP) is 3.60. The number of carbonyl (C=O) groups excluding carboxylic acids is 2. The van der Waals surface area contributed by atoms with Crippen LogP contribution in [0.5, 0.6) is 0 Å². The minimum atomic E-state index is -1.11. The first-order chi connectivity index (χ1) is 13.0. The zero-order chi connectivity index (χ0) is 19.1. The molecule has 1 aliphatic carbocycles. The van der Waals surface area contributed by atoms with Gasteiger partial charge in [0, 0.05) is 28.8 Å². The van der Waals surface area contributed by atoms with Gasteiger partial charge in [0.05, 0.1) is 5.56 Å². The van der Waals surface area contributed by atoms with Crippen LogP contribution in [0.4, 0.5) is 5.69 Å². The molecule has 0 bridgehead atoms. The molecule has 0 saturated heterocycles. The standard InChI is InChI=1S/C22H15NO4/c23-14-9-12(8-13(11-14)22(26)27)10-19(24)18-7-3-6-16-15-4-1-2-5-17(15)21(25)20(16)18/h1-9,11H,10,23H2,(H,26,27). The van der Waals surface area contributed by atoms with Gasteiger partial charge in [-0.1, -0.05) is 42.5 Å². The highest BCUT2D eigenvalue weighted by Crippen LogP contribution is 2.38. The number of aromatic carboxylic acids is 1. The maximum Gasteiger partial charge on any atom is 0.335 e. The number of carboxylic acids is 1. The fourth-order valence-electron chi connectivity index (χ4n) is 3.53. The molecule has 0 aliphatic heterocycles. The van der Waals surface area contributed by atoms with E-state index in [9.17, 15) is 14.4 Å². The molecule has 4 rings (SSSR count). The zero-order valence-corrected chi connectivity index (χ0v) is 14.2. The van der Waals surface area contributed by atoms with Crippen LogP contribution in [0.2, 0.25) is 0 Å². The monoisotopic (exact) mass is 357 g/mol. The number of ketones is 2. The smallest absolute Gasteiger partial charge is 0.335 e. The van der Waals surface area contributed by atoms with Crippen LogP contribution < -0.4 is 5.73 Å². The molecule has 3 aromatic rings. The Hall–Kier alpha value is -3.73. The number of rotatable bonds is 4. The van der Waals surface area contributed by atoms with Crippen molar-refractivity contribution >= 4 is 23.2 Å². The highest BCUT2D eigenvalue weighted by molar-refractivity contribution is 6.26. The Morgan fingerprint density at radius 3 is 2.33 bits per heavy atom. The van der Waals surface area contributed by atoms with Crippen molar-refractivity contribution in [2.45, 2.75) is 6.42 Å². The number of carbonyl (C=O) groups is 3. The Morgan fingerprint density at radius 2 is 1.59 bits per heavy atom. The number of nitrogens with two attached hydrogens (primary N) is 1. The minimum absolute atomic E-state index is 0.0274. The van der Waals surface area contributed by atoms with Crippen LogP contribution in [0, 0.1) is 0 Å². The Balaban J connectivity index is 1.74. The Kier molecular flexibility index (Phi) is 3.85. The second-order valence-corrected chi connectivity index (χ2v) is 6.47. The van der Waals surface area contributed by atoms with Crippen LogP contribution in [-0.2, 0) is 6.42 Å². The second kappa shape index (κ2) is 6.21. The van der Waals surface area contributed by atoms with E-state index in [2.05, 4.69) is 0 Å². The van der Waals surface area contributed by atoms with Crippen LogP contribution in [-0.4, -0.2) is 22.6 Å². The van der Waals surface area contributed by atoms with Gasteiger partial charge in [-0.2, -0.15) is 0 Å². The molecule has 0 aromatic heterocycles. The molecule has 3 N–H and O–H groups in total. The van der Waals surface area contributed by atoms with Gasteiger partial charge in [0.1, 0.15) is 0 Å². The molecule has 0 unspecified atom stereocenters. The fraction of sp³-hybridized carbons (Fsp3) is 0.0455. The minimum Gasteiger partial charge on any atom is -0.478 e. The number of Topliss-reactive ketones (excluding diaryl/α,β-unsaturated/α-hetero) is 1. The van der Waals surface area contributed by atoms with E-state index in [1.165, 1.54) is 12.1 Å². The summed E-state index contributed by atoms with van der Waals surface area (Å²) in [5.74, 6) is -1.53. The van der Waals surface area contributed by atoms with Gasteiger partial charge < -0.3 is 10.8 Å². The summed E-state index contributed by atoms with van der Waals surface area (Å²) >= 11 is 0.